The number of aliphatic hydroxyl groups is 1. The smallest absolute Gasteiger partial charge is 0.234 e. The summed E-state index contributed by atoms with van der Waals surface area (Å²) in [6.45, 7) is 1.41. The molecule has 4 rings (SSSR count). The molecule has 3 atom stereocenters. The topological polar surface area (TPSA) is 80.3 Å². The van der Waals surface area contributed by atoms with Gasteiger partial charge in [-0.25, -0.2) is 0 Å². The summed E-state index contributed by atoms with van der Waals surface area (Å²) >= 11 is 0. The second-order valence-corrected chi connectivity index (χ2v) is 9.34. The number of methoxy groups -OCH3 is 3. The molecule has 7 heteroatoms. The second-order valence-electron chi connectivity index (χ2n) is 9.34. The highest BCUT2D eigenvalue weighted by Gasteiger charge is 2.49. The molecule has 2 aromatic rings. The number of nitrogens with zero attached hydrogens (tertiary/aromatic N) is 1. The molecule has 34 heavy (non-hydrogen) atoms. The van der Waals surface area contributed by atoms with Crippen LogP contribution in [0.4, 0.5) is 0 Å². The maximum atomic E-state index is 13.0. The van der Waals surface area contributed by atoms with E-state index in [2.05, 4.69) is 10.2 Å². The Morgan fingerprint density at radius 1 is 1.06 bits per heavy atom. The zero-order valence-corrected chi connectivity index (χ0v) is 20.4. The average Bonchev–Trinajstić information content (AvgIpc) is 2.87. The minimum absolute atomic E-state index is 0.0254. The summed E-state index contributed by atoms with van der Waals surface area (Å²) in [5.41, 5.74) is 1.31. The molecular formula is C27H36N2O5. The van der Waals surface area contributed by atoms with Crippen molar-refractivity contribution in [2.75, 3.05) is 34.4 Å². The lowest BCUT2D eigenvalue weighted by Crippen LogP contribution is -2.56. The van der Waals surface area contributed by atoms with E-state index in [1.165, 1.54) is 0 Å². The number of amides is 1. The molecule has 2 N–H and O–H groups in total. The van der Waals surface area contributed by atoms with Gasteiger partial charge in [0.15, 0.2) is 11.5 Å². The molecule has 2 aliphatic rings. The lowest BCUT2D eigenvalue weighted by Gasteiger charge is -2.52. The first-order valence-electron chi connectivity index (χ1n) is 12.1. The predicted octanol–water partition coefficient (Wildman–Crippen LogP) is 3.70. The van der Waals surface area contributed by atoms with E-state index in [1.807, 2.05) is 42.5 Å². The van der Waals surface area contributed by atoms with Crippen molar-refractivity contribution in [2.24, 2.45) is 5.92 Å². The van der Waals surface area contributed by atoms with Crippen molar-refractivity contribution < 1.29 is 24.1 Å². The monoisotopic (exact) mass is 468 g/mol. The number of nitrogens with one attached hydrogen (secondary N) is 1. The highest BCUT2D eigenvalue weighted by molar-refractivity contribution is 5.78. The molecule has 1 aliphatic heterocycles. The zero-order chi connectivity index (χ0) is 24.1. The van der Waals surface area contributed by atoms with Crippen molar-refractivity contribution in [3.63, 3.8) is 0 Å². The lowest BCUT2D eigenvalue weighted by atomic mass is 9.66. The van der Waals surface area contributed by atoms with Crippen LogP contribution in [0, 0.1) is 5.92 Å². The van der Waals surface area contributed by atoms with Crippen molar-refractivity contribution in [1.82, 2.24) is 10.2 Å². The van der Waals surface area contributed by atoms with Gasteiger partial charge in [0.1, 0.15) is 0 Å². The van der Waals surface area contributed by atoms with E-state index < -0.39 is 5.60 Å². The van der Waals surface area contributed by atoms with Gasteiger partial charge in [-0.1, -0.05) is 43.2 Å². The number of likely N-dealkylation sites (tertiary alicyclic amines) is 1. The van der Waals surface area contributed by atoms with E-state index in [0.29, 0.717) is 36.8 Å². The summed E-state index contributed by atoms with van der Waals surface area (Å²) in [6, 6.07) is 13.7. The Bertz CT molecular complexity index is 957. The van der Waals surface area contributed by atoms with Crippen molar-refractivity contribution in [3.8, 4) is 17.2 Å². The number of hydrogen-bond donors (Lipinski definition) is 2. The van der Waals surface area contributed by atoms with E-state index in [9.17, 15) is 9.90 Å². The Hall–Kier alpha value is -2.77. The fourth-order valence-electron chi connectivity index (χ4n) is 5.67. The molecule has 0 bridgehead atoms. The number of benzene rings is 2. The Labute approximate surface area is 202 Å². The second kappa shape index (κ2) is 10.7. The van der Waals surface area contributed by atoms with Crippen LogP contribution in [0.1, 0.15) is 49.3 Å². The molecule has 1 saturated heterocycles. The maximum absolute atomic E-state index is 13.0. The molecule has 0 unspecified atom stereocenters. The fourth-order valence-corrected chi connectivity index (χ4v) is 5.67. The summed E-state index contributed by atoms with van der Waals surface area (Å²) in [7, 11) is 4.80. The summed E-state index contributed by atoms with van der Waals surface area (Å²) in [4.78, 5) is 15.2. The Kier molecular flexibility index (Phi) is 7.63. The molecule has 1 aliphatic carbocycles. The van der Waals surface area contributed by atoms with Crippen molar-refractivity contribution in [3.05, 3.63) is 53.6 Å². The van der Waals surface area contributed by atoms with Crippen LogP contribution in [-0.2, 0) is 11.3 Å². The van der Waals surface area contributed by atoms with Crippen LogP contribution in [0.3, 0.4) is 0 Å². The van der Waals surface area contributed by atoms with Crippen LogP contribution in [0.25, 0.3) is 0 Å². The summed E-state index contributed by atoms with van der Waals surface area (Å²) in [5, 5.41) is 14.6. The van der Waals surface area contributed by atoms with Crippen LogP contribution in [0.15, 0.2) is 42.5 Å². The Morgan fingerprint density at radius 2 is 1.76 bits per heavy atom. The van der Waals surface area contributed by atoms with Gasteiger partial charge in [-0.05, 0) is 42.5 Å². The van der Waals surface area contributed by atoms with Gasteiger partial charge in [-0.3, -0.25) is 9.69 Å². The number of piperidine rings is 1. The van der Waals surface area contributed by atoms with Crippen LogP contribution in [0.5, 0.6) is 17.2 Å². The average molecular weight is 469 g/mol. The third-order valence-electron chi connectivity index (χ3n) is 7.38. The highest BCUT2D eigenvalue weighted by atomic mass is 16.5. The molecule has 1 amide bonds. The third-order valence-corrected chi connectivity index (χ3v) is 7.38. The number of hydrogen-bond acceptors (Lipinski definition) is 6. The van der Waals surface area contributed by atoms with Crippen molar-refractivity contribution in [2.45, 2.75) is 50.3 Å². The standard InChI is InChI=1S/C27H36N2O5/c1-32-22-15-20(16-23(33-2)26(22)34-3)25-21-11-7-8-12-27(21,31)13-14-29(25)18-24(30)28-17-19-9-5-4-6-10-19/h4-6,9-10,15-16,21,25,31H,7-8,11-14,17-18H2,1-3H3,(H,28,30)/t21-,25-,27+/m1/s1. The minimum atomic E-state index is -0.722. The molecule has 1 heterocycles. The summed E-state index contributed by atoms with van der Waals surface area (Å²) < 4.78 is 16.7. The van der Waals surface area contributed by atoms with E-state index >= 15 is 0 Å². The van der Waals surface area contributed by atoms with Gasteiger partial charge in [0.25, 0.3) is 0 Å². The van der Waals surface area contributed by atoms with Crippen LogP contribution in [0.2, 0.25) is 0 Å². The highest BCUT2D eigenvalue weighted by Crippen LogP contribution is 2.51. The SMILES string of the molecule is COc1cc([C@@H]2[C@H]3CCCC[C@]3(O)CCN2CC(=O)NCc2ccccc2)cc(OC)c1OC. The van der Waals surface area contributed by atoms with E-state index in [0.717, 1.165) is 36.8 Å². The molecule has 184 valence electrons. The number of carbonyl (C=O) groups excluding carboxylic acids is 1. The van der Waals surface area contributed by atoms with Crippen molar-refractivity contribution in [1.29, 1.82) is 0 Å². The largest absolute Gasteiger partial charge is 0.493 e. The quantitative estimate of drug-likeness (QED) is 0.615. The zero-order valence-electron chi connectivity index (χ0n) is 20.4. The predicted molar refractivity (Wildman–Crippen MR) is 130 cm³/mol. The summed E-state index contributed by atoms with van der Waals surface area (Å²) in [5.74, 6) is 1.70. The lowest BCUT2D eigenvalue weighted by molar-refractivity contribution is -0.138. The molecule has 0 radical (unpaired) electrons. The first-order chi connectivity index (χ1) is 16.5. The van der Waals surface area contributed by atoms with Crippen molar-refractivity contribution >= 4 is 5.91 Å². The normalized spacial score (nSPS) is 24.7. The van der Waals surface area contributed by atoms with Gasteiger partial charge in [-0.2, -0.15) is 0 Å². The molecule has 0 spiro atoms. The van der Waals surface area contributed by atoms with E-state index in [1.54, 1.807) is 21.3 Å². The van der Waals surface area contributed by atoms with Gasteiger partial charge in [0.05, 0.1) is 33.5 Å². The number of rotatable bonds is 8. The molecule has 0 aromatic heterocycles. The fraction of sp³-hybridized carbons (Fsp3) is 0.519. The van der Waals surface area contributed by atoms with Gasteiger partial charge >= 0.3 is 0 Å². The molecule has 2 fully saturated rings. The van der Waals surface area contributed by atoms with E-state index in [4.69, 9.17) is 14.2 Å². The van der Waals surface area contributed by atoms with Crippen LogP contribution in [-0.4, -0.2) is 55.9 Å². The van der Waals surface area contributed by atoms with Gasteiger partial charge < -0.3 is 24.6 Å². The Balaban J connectivity index is 1.62. The van der Waals surface area contributed by atoms with Crippen LogP contribution < -0.4 is 19.5 Å². The Morgan fingerprint density at radius 3 is 2.41 bits per heavy atom. The van der Waals surface area contributed by atoms with Gasteiger partial charge in [0.2, 0.25) is 11.7 Å². The summed E-state index contributed by atoms with van der Waals surface area (Å²) in [6.07, 6.45) is 4.49. The molecule has 7 nitrogen and oxygen atoms in total. The first kappa shape index (κ1) is 24.4. The number of carbonyl (C=O) groups is 1. The van der Waals surface area contributed by atoms with E-state index in [-0.39, 0.29) is 24.4 Å². The number of fused-ring (bicyclic) bond motifs is 1. The molecule has 2 aromatic carbocycles. The maximum Gasteiger partial charge on any atom is 0.234 e. The minimum Gasteiger partial charge on any atom is -0.493 e. The first-order valence-corrected chi connectivity index (χ1v) is 12.1. The molecule has 1 saturated carbocycles. The third kappa shape index (κ3) is 5.00. The number of ether oxygens (including phenoxy) is 3. The van der Waals surface area contributed by atoms with Crippen LogP contribution >= 0.6 is 0 Å². The van der Waals surface area contributed by atoms with Gasteiger partial charge in [-0.15, -0.1) is 0 Å². The molecular weight excluding hydrogens is 432 g/mol. The van der Waals surface area contributed by atoms with Gasteiger partial charge in [0, 0.05) is 25.0 Å².